The van der Waals surface area contributed by atoms with Crippen molar-refractivity contribution in [3.63, 3.8) is 0 Å². The molecule has 0 aliphatic heterocycles. The molecule has 0 aromatic heterocycles. The predicted molar refractivity (Wildman–Crippen MR) is 87.3 cm³/mol. The molecule has 0 aliphatic carbocycles. The molecule has 0 unspecified atom stereocenters. The Morgan fingerprint density at radius 1 is 1.00 bits per heavy atom. The van der Waals surface area contributed by atoms with E-state index in [4.69, 9.17) is 23.2 Å². The van der Waals surface area contributed by atoms with Crippen LogP contribution in [0, 0.1) is 11.6 Å². The van der Waals surface area contributed by atoms with Gasteiger partial charge >= 0.3 is 0 Å². The molecule has 0 amide bonds. The van der Waals surface area contributed by atoms with E-state index < -0.39 is 17.0 Å². The molecule has 21 heavy (non-hydrogen) atoms. The van der Waals surface area contributed by atoms with Crippen LogP contribution in [0.2, 0.25) is 0 Å². The first kappa shape index (κ1) is 16.7. The van der Waals surface area contributed by atoms with Gasteiger partial charge in [-0.3, -0.25) is 0 Å². The van der Waals surface area contributed by atoms with Crippen LogP contribution in [0.15, 0.2) is 46.9 Å². The van der Waals surface area contributed by atoms with Gasteiger partial charge in [0.15, 0.2) is 11.6 Å². The van der Waals surface area contributed by atoms with Crippen molar-refractivity contribution in [3.8, 4) is 0 Å². The Labute approximate surface area is 141 Å². The number of benzene rings is 2. The smallest absolute Gasteiger partial charge is 0.162 e. The summed E-state index contributed by atoms with van der Waals surface area (Å²) >= 11 is 15.7. The molecule has 2 aromatic rings. The molecule has 0 fully saturated rings. The Morgan fingerprint density at radius 3 is 2.29 bits per heavy atom. The molecule has 0 saturated carbocycles. The summed E-state index contributed by atoms with van der Waals surface area (Å²) in [5.74, 6) is -1.28. The summed E-state index contributed by atoms with van der Waals surface area (Å²) < 4.78 is 28.2. The van der Waals surface area contributed by atoms with E-state index in [0.29, 0.717) is 0 Å². The van der Waals surface area contributed by atoms with Gasteiger partial charge in [0.2, 0.25) is 0 Å². The van der Waals surface area contributed by atoms with Gasteiger partial charge in [0.05, 0.1) is 0 Å². The summed E-state index contributed by atoms with van der Waals surface area (Å²) in [7, 11) is 0. The lowest BCUT2D eigenvalue weighted by molar-refractivity contribution is 0.472. The zero-order chi connectivity index (χ0) is 15.5. The Hall–Kier alpha value is -0.640. The topological polar surface area (TPSA) is 0 Å². The van der Waals surface area contributed by atoms with E-state index in [2.05, 4.69) is 15.9 Å². The monoisotopic (exact) mass is 392 g/mol. The minimum absolute atomic E-state index is 0.211. The summed E-state index contributed by atoms with van der Waals surface area (Å²) in [4.78, 5) is 0. The van der Waals surface area contributed by atoms with Gasteiger partial charge in [0.1, 0.15) is 0 Å². The van der Waals surface area contributed by atoms with Gasteiger partial charge in [0, 0.05) is 21.6 Å². The minimum atomic E-state index is -0.861. The quantitative estimate of drug-likeness (QED) is 0.572. The van der Waals surface area contributed by atoms with Gasteiger partial charge in [-0.25, -0.2) is 8.78 Å². The second-order valence-corrected chi connectivity index (χ2v) is 6.40. The summed E-state index contributed by atoms with van der Waals surface area (Å²) in [6.07, 6.45) is 0.236. The number of alkyl halides is 2. The first-order chi connectivity index (χ1) is 10.0. The molecular formula is C16H13BrCl2F2. The van der Waals surface area contributed by atoms with E-state index in [0.717, 1.165) is 16.1 Å². The largest absolute Gasteiger partial charge is 0.204 e. The summed E-state index contributed by atoms with van der Waals surface area (Å²) in [5.41, 5.74) is 0.517. The molecule has 0 nitrogen and oxygen atoms in total. The minimum Gasteiger partial charge on any atom is -0.204 e. The Balaban J connectivity index is 2.45. The first-order valence-corrected chi connectivity index (χ1v) is 8.19. The fourth-order valence-corrected chi connectivity index (χ4v) is 3.44. The van der Waals surface area contributed by atoms with Crippen molar-refractivity contribution in [1.29, 1.82) is 0 Å². The van der Waals surface area contributed by atoms with Crippen LogP contribution in [0.5, 0.6) is 0 Å². The molecule has 0 spiro atoms. The lowest BCUT2D eigenvalue weighted by Gasteiger charge is -2.30. The summed E-state index contributed by atoms with van der Waals surface area (Å²) in [6, 6.07) is 11.7. The van der Waals surface area contributed by atoms with Crippen molar-refractivity contribution in [2.45, 2.75) is 11.8 Å². The standard InChI is InChI=1S/C16H13BrCl2F2/c17-13-5-2-4-12(7-13)16(9-18,10-19)8-11-3-1-6-14(20)15(11)21/h1-7H,8-10H2. The lowest BCUT2D eigenvalue weighted by Crippen LogP contribution is -2.33. The number of hydrogen-bond donors (Lipinski definition) is 0. The average molecular weight is 394 g/mol. The Bertz CT molecular complexity index is 627. The molecule has 112 valence electrons. The fourth-order valence-electron chi connectivity index (χ4n) is 2.25. The van der Waals surface area contributed by atoms with E-state index in [9.17, 15) is 8.78 Å². The maximum atomic E-state index is 13.9. The van der Waals surface area contributed by atoms with Gasteiger partial charge in [-0.15, -0.1) is 23.2 Å². The van der Waals surface area contributed by atoms with Gasteiger partial charge in [0.25, 0.3) is 0 Å². The predicted octanol–water partition coefficient (Wildman–Crippen LogP) is 5.69. The van der Waals surface area contributed by atoms with Crippen molar-refractivity contribution in [2.75, 3.05) is 11.8 Å². The Kier molecular flexibility index (Phi) is 5.64. The van der Waals surface area contributed by atoms with E-state index in [1.807, 2.05) is 24.3 Å². The van der Waals surface area contributed by atoms with E-state index in [1.54, 1.807) is 6.07 Å². The molecule has 0 aliphatic rings. The zero-order valence-electron chi connectivity index (χ0n) is 11.1. The van der Waals surface area contributed by atoms with Crippen LogP contribution in [-0.4, -0.2) is 11.8 Å². The third kappa shape index (κ3) is 3.58. The van der Waals surface area contributed by atoms with Gasteiger partial charge in [-0.2, -0.15) is 0 Å². The first-order valence-electron chi connectivity index (χ1n) is 6.33. The van der Waals surface area contributed by atoms with Crippen LogP contribution in [0.4, 0.5) is 8.78 Å². The van der Waals surface area contributed by atoms with Crippen LogP contribution in [0.3, 0.4) is 0 Å². The molecule has 0 bridgehead atoms. The van der Waals surface area contributed by atoms with Crippen molar-refractivity contribution in [2.24, 2.45) is 0 Å². The number of rotatable bonds is 5. The zero-order valence-corrected chi connectivity index (χ0v) is 14.2. The highest BCUT2D eigenvalue weighted by Crippen LogP contribution is 2.34. The Morgan fingerprint density at radius 2 is 1.67 bits per heavy atom. The van der Waals surface area contributed by atoms with Crippen molar-refractivity contribution in [1.82, 2.24) is 0 Å². The molecule has 0 heterocycles. The van der Waals surface area contributed by atoms with E-state index >= 15 is 0 Å². The summed E-state index contributed by atoms with van der Waals surface area (Å²) in [5, 5.41) is 0. The van der Waals surface area contributed by atoms with Crippen LogP contribution < -0.4 is 0 Å². The van der Waals surface area contributed by atoms with Crippen LogP contribution in [0.25, 0.3) is 0 Å². The molecular weight excluding hydrogens is 381 g/mol. The van der Waals surface area contributed by atoms with Crippen LogP contribution >= 0.6 is 39.1 Å². The van der Waals surface area contributed by atoms with Gasteiger partial charge < -0.3 is 0 Å². The summed E-state index contributed by atoms with van der Waals surface area (Å²) in [6.45, 7) is 0. The van der Waals surface area contributed by atoms with Gasteiger partial charge in [-0.05, 0) is 35.7 Å². The highest BCUT2D eigenvalue weighted by atomic mass is 79.9. The lowest BCUT2D eigenvalue weighted by atomic mass is 9.78. The second-order valence-electron chi connectivity index (χ2n) is 4.95. The maximum Gasteiger partial charge on any atom is 0.162 e. The third-order valence-electron chi connectivity index (χ3n) is 3.51. The molecule has 0 saturated heterocycles. The number of halogens is 5. The SMILES string of the molecule is Fc1cccc(CC(CCl)(CCl)c2cccc(Br)c2)c1F. The normalized spacial score (nSPS) is 11.7. The highest BCUT2D eigenvalue weighted by Gasteiger charge is 2.32. The maximum absolute atomic E-state index is 13.9. The van der Waals surface area contributed by atoms with Gasteiger partial charge in [-0.1, -0.05) is 40.2 Å². The second kappa shape index (κ2) is 7.08. The molecule has 0 radical (unpaired) electrons. The average Bonchev–Trinajstić information content (AvgIpc) is 2.49. The van der Waals surface area contributed by atoms with Crippen LogP contribution in [-0.2, 0) is 11.8 Å². The highest BCUT2D eigenvalue weighted by molar-refractivity contribution is 9.10. The molecule has 2 aromatic carbocycles. The molecule has 0 atom stereocenters. The van der Waals surface area contributed by atoms with Crippen LogP contribution in [0.1, 0.15) is 11.1 Å². The van der Waals surface area contributed by atoms with E-state index in [1.165, 1.54) is 6.07 Å². The number of hydrogen-bond acceptors (Lipinski definition) is 0. The van der Waals surface area contributed by atoms with Crippen molar-refractivity contribution < 1.29 is 8.78 Å². The molecule has 0 N–H and O–H groups in total. The van der Waals surface area contributed by atoms with Crippen molar-refractivity contribution in [3.05, 3.63) is 69.7 Å². The van der Waals surface area contributed by atoms with E-state index in [-0.39, 0.29) is 23.7 Å². The third-order valence-corrected chi connectivity index (χ3v) is 5.03. The molecule has 5 heteroatoms. The fraction of sp³-hybridized carbons (Fsp3) is 0.250. The molecule has 2 rings (SSSR count). The van der Waals surface area contributed by atoms with Crippen molar-refractivity contribution >= 4 is 39.1 Å².